The van der Waals surface area contributed by atoms with Gasteiger partial charge in [-0.1, -0.05) is 13.8 Å². The second-order valence-electron chi connectivity index (χ2n) is 6.18. The van der Waals surface area contributed by atoms with E-state index in [0.717, 1.165) is 0 Å². The molecule has 1 saturated heterocycles. The first kappa shape index (κ1) is 19.1. The maximum Gasteiger partial charge on any atom is 0.341 e. The van der Waals surface area contributed by atoms with Crippen LogP contribution in [0, 0.1) is 5.92 Å². The van der Waals surface area contributed by atoms with Crippen molar-refractivity contribution in [1.82, 2.24) is 4.90 Å². The van der Waals surface area contributed by atoms with Crippen molar-refractivity contribution in [2.45, 2.75) is 26.9 Å². The van der Waals surface area contributed by atoms with Crippen LogP contribution in [0.1, 0.15) is 31.1 Å². The summed E-state index contributed by atoms with van der Waals surface area (Å²) in [6.07, 6.45) is 0.0298. The molecule has 1 N–H and O–H groups in total. The number of carboxylic acids is 1. The zero-order valence-electron chi connectivity index (χ0n) is 14.9. The number of carbonyl (C=O) groups excluding carboxylic acids is 1. The summed E-state index contributed by atoms with van der Waals surface area (Å²) in [5.74, 6) is -0.164. The van der Waals surface area contributed by atoms with Gasteiger partial charge in [-0.25, -0.2) is 4.79 Å². The Bertz CT molecular complexity index is 616. The summed E-state index contributed by atoms with van der Waals surface area (Å²) in [7, 11) is 0. The number of rotatable bonds is 7. The number of morpholine rings is 1. The molecule has 138 valence electrons. The second kappa shape index (κ2) is 8.71. The molecule has 0 radical (unpaired) electrons. The molecule has 1 aliphatic rings. The Morgan fingerprint density at radius 1 is 1.32 bits per heavy atom. The molecule has 0 bridgehead atoms. The van der Waals surface area contributed by atoms with E-state index in [1.54, 1.807) is 23.1 Å². The van der Waals surface area contributed by atoms with Gasteiger partial charge in [0, 0.05) is 18.7 Å². The molecule has 7 heteroatoms. The quantitative estimate of drug-likeness (QED) is 0.809. The van der Waals surface area contributed by atoms with Gasteiger partial charge in [0.05, 0.1) is 19.3 Å². The van der Waals surface area contributed by atoms with E-state index < -0.39 is 12.6 Å². The maximum atomic E-state index is 12.8. The van der Waals surface area contributed by atoms with Gasteiger partial charge in [0.15, 0.2) is 18.1 Å². The molecule has 1 unspecified atom stereocenters. The molecule has 0 saturated carbocycles. The predicted octanol–water partition coefficient (Wildman–Crippen LogP) is 2.05. The van der Waals surface area contributed by atoms with Gasteiger partial charge in [-0.05, 0) is 31.0 Å². The second-order valence-corrected chi connectivity index (χ2v) is 6.18. The highest BCUT2D eigenvalue weighted by molar-refractivity contribution is 5.95. The van der Waals surface area contributed by atoms with Crippen molar-refractivity contribution < 1.29 is 28.9 Å². The van der Waals surface area contributed by atoms with Gasteiger partial charge in [-0.2, -0.15) is 0 Å². The highest BCUT2D eigenvalue weighted by Gasteiger charge is 2.27. The molecule has 0 aliphatic carbocycles. The lowest BCUT2D eigenvalue weighted by molar-refractivity contribution is -0.139. The number of nitrogens with zero attached hydrogens (tertiary/aromatic N) is 1. The Hall–Kier alpha value is -2.28. The molecule has 1 aromatic carbocycles. The predicted molar refractivity (Wildman–Crippen MR) is 91.2 cm³/mol. The number of benzene rings is 1. The fraction of sp³-hybridized carbons (Fsp3) is 0.556. The Kier molecular flexibility index (Phi) is 6.64. The average Bonchev–Trinajstić information content (AvgIpc) is 2.60. The molecule has 7 nitrogen and oxygen atoms in total. The van der Waals surface area contributed by atoms with Crippen LogP contribution in [0.3, 0.4) is 0 Å². The highest BCUT2D eigenvalue weighted by Crippen LogP contribution is 2.29. The van der Waals surface area contributed by atoms with Crippen LogP contribution in [0.15, 0.2) is 18.2 Å². The van der Waals surface area contributed by atoms with Gasteiger partial charge in [0.2, 0.25) is 0 Å². The van der Waals surface area contributed by atoms with Crippen molar-refractivity contribution in [3.63, 3.8) is 0 Å². The highest BCUT2D eigenvalue weighted by atomic mass is 16.5. The molecular weight excluding hydrogens is 326 g/mol. The van der Waals surface area contributed by atoms with Crippen molar-refractivity contribution >= 4 is 11.9 Å². The van der Waals surface area contributed by atoms with Crippen LogP contribution < -0.4 is 9.47 Å². The molecule has 1 atom stereocenters. The molecule has 1 aliphatic heterocycles. The van der Waals surface area contributed by atoms with Crippen LogP contribution in [0.4, 0.5) is 0 Å². The van der Waals surface area contributed by atoms with Crippen LogP contribution in [0.2, 0.25) is 0 Å². The molecule has 1 fully saturated rings. The number of ether oxygens (including phenoxy) is 3. The Labute approximate surface area is 147 Å². The molecule has 2 rings (SSSR count). The van der Waals surface area contributed by atoms with Crippen LogP contribution in [-0.4, -0.2) is 60.9 Å². The smallest absolute Gasteiger partial charge is 0.341 e. The zero-order chi connectivity index (χ0) is 18.4. The third-order valence-corrected chi connectivity index (χ3v) is 3.97. The largest absolute Gasteiger partial charge is 0.490 e. The minimum atomic E-state index is -1.07. The van der Waals surface area contributed by atoms with E-state index in [1.807, 2.05) is 6.92 Å². The maximum absolute atomic E-state index is 12.8. The van der Waals surface area contributed by atoms with Crippen LogP contribution in [-0.2, 0) is 9.53 Å². The summed E-state index contributed by atoms with van der Waals surface area (Å²) >= 11 is 0. The summed E-state index contributed by atoms with van der Waals surface area (Å²) in [6, 6.07) is 4.80. The normalized spacial score (nSPS) is 17.4. The third kappa shape index (κ3) is 5.09. The monoisotopic (exact) mass is 351 g/mol. The van der Waals surface area contributed by atoms with Gasteiger partial charge in [0.1, 0.15) is 0 Å². The van der Waals surface area contributed by atoms with E-state index in [4.69, 9.17) is 19.3 Å². The Morgan fingerprint density at radius 3 is 2.72 bits per heavy atom. The lowest BCUT2D eigenvalue weighted by Crippen LogP contribution is -2.47. The molecule has 1 amide bonds. The van der Waals surface area contributed by atoms with Gasteiger partial charge in [0.25, 0.3) is 5.91 Å². The molecule has 0 aromatic heterocycles. The molecular formula is C18H25NO6. The molecule has 25 heavy (non-hydrogen) atoms. The van der Waals surface area contributed by atoms with E-state index in [0.29, 0.717) is 49.3 Å². The summed E-state index contributed by atoms with van der Waals surface area (Å²) in [5.41, 5.74) is 0.482. The molecule has 1 aromatic rings. The van der Waals surface area contributed by atoms with Crippen molar-refractivity contribution in [1.29, 1.82) is 0 Å². The number of carboxylic acid groups (broad SMARTS) is 1. The lowest BCUT2D eigenvalue weighted by Gasteiger charge is -2.35. The van der Waals surface area contributed by atoms with Crippen LogP contribution in [0.5, 0.6) is 11.5 Å². The Balaban J connectivity index is 2.16. The lowest BCUT2D eigenvalue weighted by atomic mass is 10.0. The van der Waals surface area contributed by atoms with E-state index in [2.05, 4.69) is 13.8 Å². The first-order chi connectivity index (χ1) is 11.9. The van der Waals surface area contributed by atoms with Gasteiger partial charge in [-0.3, -0.25) is 4.79 Å². The molecule has 1 heterocycles. The van der Waals surface area contributed by atoms with E-state index in [-0.39, 0.29) is 12.0 Å². The number of carbonyl (C=O) groups is 2. The average molecular weight is 351 g/mol. The summed E-state index contributed by atoms with van der Waals surface area (Å²) in [6.45, 7) is 7.49. The standard InChI is InChI=1S/C18H25NO6/c1-4-23-15-9-13(5-6-14(15)25-11-17(20)21)18(22)19-7-8-24-16(10-19)12(2)3/h5-6,9,12,16H,4,7-8,10-11H2,1-3H3,(H,20,21). The fourth-order valence-electron chi connectivity index (χ4n) is 2.61. The zero-order valence-corrected chi connectivity index (χ0v) is 14.9. The van der Waals surface area contributed by atoms with Crippen molar-refractivity contribution in [2.75, 3.05) is 32.9 Å². The van der Waals surface area contributed by atoms with Gasteiger partial charge >= 0.3 is 5.97 Å². The van der Waals surface area contributed by atoms with E-state index in [1.165, 1.54) is 0 Å². The van der Waals surface area contributed by atoms with Gasteiger partial charge in [-0.15, -0.1) is 0 Å². The Morgan fingerprint density at radius 2 is 2.08 bits per heavy atom. The minimum absolute atomic E-state index is 0.0298. The fourth-order valence-corrected chi connectivity index (χ4v) is 2.61. The van der Waals surface area contributed by atoms with E-state index >= 15 is 0 Å². The number of amides is 1. The van der Waals surface area contributed by atoms with Crippen LogP contribution >= 0.6 is 0 Å². The number of hydrogen-bond donors (Lipinski definition) is 1. The SMILES string of the molecule is CCOc1cc(C(=O)N2CCOC(C(C)C)C2)ccc1OCC(=O)O. The first-order valence-electron chi connectivity index (χ1n) is 8.44. The van der Waals surface area contributed by atoms with Crippen molar-refractivity contribution in [3.8, 4) is 11.5 Å². The van der Waals surface area contributed by atoms with Crippen molar-refractivity contribution in [3.05, 3.63) is 23.8 Å². The summed E-state index contributed by atoms with van der Waals surface area (Å²) < 4.78 is 16.4. The minimum Gasteiger partial charge on any atom is -0.490 e. The first-order valence-corrected chi connectivity index (χ1v) is 8.44. The summed E-state index contributed by atoms with van der Waals surface area (Å²) in [4.78, 5) is 25.2. The topological polar surface area (TPSA) is 85.3 Å². The number of hydrogen-bond acceptors (Lipinski definition) is 5. The molecule has 0 spiro atoms. The third-order valence-electron chi connectivity index (χ3n) is 3.97. The number of aliphatic carboxylic acids is 1. The van der Waals surface area contributed by atoms with Crippen LogP contribution in [0.25, 0.3) is 0 Å². The van der Waals surface area contributed by atoms with Crippen molar-refractivity contribution in [2.24, 2.45) is 5.92 Å². The van der Waals surface area contributed by atoms with E-state index in [9.17, 15) is 9.59 Å². The van der Waals surface area contributed by atoms with Gasteiger partial charge < -0.3 is 24.2 Å². The summed E-state index contributed by atoms with van der Waals surface area (Å²) in [5, 5.41) is 8.74.